The van der Waals surface area contributed by atoms with Crippen LogP contribution in [-0.4, -0.2) is 31.9 Å². The molecule has 2 rings (SSSR count). The van der Waals surface area contributed by atoms with Crippen molar-refractivity contribution in [3.8, 4) is 0 Å². The molecule has 1 atom stereocenters. The lowest BCUT2D eigenvalue weighted by atomic mass is 10.1. The molecule has 0 radical (unpaired) electrons. The Kier molecular flexibility index (Phi) is 4.89. The van der Waals surface area contributed by atoms with Gasteiger partial charge in [0, 0.05) is 13.6 Å². The number of aliphatic hydroxyl groups is 1. The van der Waals surface area contributed by atoms with Crippen molar-refractivity contribution in [2.45, 2.75) is 19.1 Å². The number of carbonyl (C=O) groups is 1. The first-order valence-electron chi connectivity index (χ1n) is 6.66. The average molecular weight is 290 g/mol. The number of amides is 1. The van der Waals surface area contributed by atoms with Crippen molar-refractivity contribution in [3.63, 3.8) is 0 Å². The molecule has 1 unspecified atom stereocenters. The highest BCUT2D eigenvalue weighted by Crippen LogP contribution is 2.14. The fourth-order valence-corrected chi connectivity index (χ4v) is 1.91. The fraction of sp³-hybridized carbons (Fsp3) is 0.357. The van der Waals surface area contributed by atoms with Crippen molar-refractivity contribution in [3.05, 3.63) is 52.7 Å². The second-order valence-corrected chi connectivity index (χ2v) is 4.75. The molecule has 0 bridgehead atoms. The van der Waals surface area contributed by atoms with Crippen LogP contribution < -0.4 is 11.0 Å². The van der Waals surface area contributed by atoms with Crippen LogP contribution in [0.5, 0.6) is 0 Å². The van der Waals surface area contributed by atoms with E-state index in [1.165, 1.54) is 10.9 Å². The van der Waals surface area contributed by atoms with Gasteiger partial charge in [-0.15, -0.1) is 0 Å². The van der Waals surface area contributed by atoms with E-state index in [1.807, 2.05) is 30.3 Å². The Hall–Kier alpha value is -2.41. The van der Waals surface area contributed by atoms with E-state index in [9.17, 15) is 14.7 Å². The predicted octanol–water partition coefficient (Wildman–Crippen LogP) is -0.178. The highest BCUT2D eigenvalue weighted by Gasteiger charge is 2.10. The molecule has 21 heavy (non-hydrogen) atoms. The molecule has 0 saturated heterocycles. The van der Waals surface area contributed by atoms with Gasteiger partial charge in [0.2, 0.25) is 5.91 Å². The van der Waals surface area contributed by atoms with Gasteiger partial charge in [-0.05, 0) is 12.0 Å². The number of hydrogen-bond acceptors (Lipinski definition) is 4. The molecular formula is C14H18N4O3. The summed E-state index contributed by atoms with van der Waals surface area (Å²) in [6.07, 6.45) is 1.14. The Morgan fingerprint density at radius 3 is 2.71 bits per heavy atom. The molecule has 1 heterocycles. The van der Waals surface area contributed by atoms with E-state index in [0.29, 0.717) is 13.0 Å². The zero-order valence-electron chi connectivity index (χ0n) is 11.8. The molecule has 1 aromatic carbocycles. The molecule has 0 aliphatic heterocycles. The molecule has 1 amide bonds. The van der Waals surface area contributed by atoms with Crippen molar-refractivity contribution in [1.29, 1.82) is 0 Å². The minimum atomic E-state index is -0.621. The molecule has 7 heteroatoms. The van der Waals surface area contributed by atoms with E-state index in [0.717, 1.165) is 10.2 Å². The number of rotatable bonds is 6. The van der Waals surface area contributed by atoms with Crippen molar-refractivity contribution < 1.29 is 9.90 Å². The normalized spacial score (nSPS) is 12.1. The SMILES string of the molecule is Cn1cnn(CC(=O)NCCC(O)c2ccccc2)c1=O. The zero-order valence-corrected chi connectivity index (χ0v) is 11.8. The number of nitrogens with zero attached hydrogens (tertiary/aromatic N) is 3. The smallest absolute Gasteiger partial charge is 0.345 e. The van der Waals surface area contributed by atoms with Gasteiger partial charge in [0.15, 0.2) is 0 Å². The Balaban J connectivity index is 1.77. The molecule has 7 nitrogen and oxygen atoms in total. The van der Waals surface area contributed by atoms with Crippen LogP contribution in [0, 0.1) is 0 Å². The first-order chi connectivity index (χ1) is 10.1. The summed E-state index contributed by atoms with van der Waals surface area (Å²) >= 11 is 0. The minimum absolute atomic E-state index is 0.124. The molecule has 2 aromatic rings. The summed E-state index contributed by atoms with van der Waals surface area (Å²) in [6, 6.07) is 9.25. The second-order valence-electron chi connectivity index (χ2n) is 4.75. The third kappa shape index (κ3) is 4.03. The zero-order chi connectivity index (χ0) is 15.2. The number of nitrogens with one attached hydrogen (secondary N) is 1. The quantitative estimate of drug-likeness (QED) is 0.772. The topological polar surface area (TPSA) is 89.2 Å². The summed E-state index contributed by atoms with van der Waals surface area (Å²) in [4.78, 5) is 23.2. The van der Waals surface area contributed by atoms with Crippen molar-refractivity contribution in [1.82, 2.24) is 19.7 Å². The summed E-state index contributed by atoms with van der Waals surface area (Å²) < 4.78 is 2.38. The number of aryl methyl sites for hydroxylation is 1. The molecule has 0 spiro atoms. The highest BCUT2D eigenvalue weighted by molar-refractivity contribution is 5.75. The van der Waals surface area contributed by atoms with Crippen molar-refractivity contribution in [2.24, 2.45) is 7.05 Å². The Morgan fingerprint density at radius 1 is 1.38 bits per heavy atom. The van der Waals surface area contributed by atoms with Crippen LogP contribution in [0.25, 0.3) is 0 Å². The van der Waals surface area contributed by atoms with E-state index in [2.05, 4.69) is 10.4 Å². The lowest BCUT2D eigenvalue weighted by Gasteiger charge is -2.11. The van der Waals surface area contributed by atoms with Crippen LogP contribution in [0.1, 0.15) is 18.1 Å². The van der Waals surface area contributed by atoms with E-state index < -0.39 is 6.10 Å². The maximum atomic E-state index is 11.7. The van der Waals surface area contributed by atoms with Gasteiger partial charge in [-0.25, -0.2) is 9.48 Å². The minimum Gasteiger partial charge on any atom is -0.388 e. The molecule has 0 aliphatic carbocycles. The number of aromatic nitrogens is 3. The van der Waals surface area contributed by atoms with Crippen LogP contribution in [0.15, 0.2) is 41.5 Å². The lowest BCUT2D eigenvalue weighted by Crippen LogP contribution is -2.34. The maximum absolute atomic E-state index is 11.7. The molecule has 0 aliphatic rings. The summed E-state index contributed by atoms with van der Waals surface area (Å²) in [7, 11) is 1.57. The maximum Gasteiger partial charge on any atom is 0.345 e. The van der Waals surface area contributed by atoms with Gasteiger partial charge in [0.25, 0.3) is 0 Å². The standard InChI is InChI=1S/C14H18N4O3/c1-17-10-16-18(14(17)21)9-13(20)15-8-7-12(19)11-5-3-2-4-6-11/h2-6,10,12,19H,7-9H2,1H3,(H,15,20). The third-order valence-electron chi connectivity index (χ3n) is 3.10. The first-order valence-corrected chi connectivity index (χ1v) is 6.66. The lowest BCUT2D eigenvalue weighted by molar-refractivity contribution is -0.122. The van der Waals surface area contributed by atoms with Crippen LogP contribution in [0.2, 0.25) is 0 Å². The van der Waals surface area contributed by atoms with Gasteiger partial charge in [-0.1, -0.05) is 30.3 Å². The molecule has 2 N–H and O–H groups in total. The third-order valence-corrected chi connectivity index (χ3v) is 3.10. The predicted molar refractivity (Wildman–Crippen MR) is 76.5 cm³/mol. The number of hydrogen-bond donors (Lipinski definition) is 2. The van der Waals surface area contributed by atoms with Crippen LogP contribution in [0.3, 0.4) is 0 Å². The van der Waals surface area contributed by atoms with Gasteiger partial charge >= 0.3 is 5.69 Å². The Bertz CT molecular complexity index is 648. The average Bonchev–Trinajstić information content (AvgIpc) is 2.80. The number of benzene rings is 1. The summed E-state index contributed by atoms with van der Waals surface area (Å²) in [6.45, 7) is 0.206. The molecular weight excluding hydrogens is 272 g/mol. The van der Waals surface area contributed by atoms with Crippen molar-refractivity contribution in [2.75, 3.05) is 6.54 Å². The molecule has 1 aromatic heterocycles. The van der Waals surface area contributed by atoms with Gasteiger partial charge < -0.3 is 10.4 Å². The van der Waals surface area contributed by atoms with Crippen LogP contribution >= 0.6 is 0 Å². The first kappa shape index (κ1) is 15.0. The van der Waals surface area contributed by atoms with E-state index >= 15 is 0 Å². The largest absolute Gasteiger partial charge is 0.388 e. The number of aliphatic hydroxyl groups excluding tert-OH is 1. The summed E-state index contributed by atoms with van der Waals surface area (Å²) in [5.74, 6) is -0.309. The van der Waals surface area contributed by atoms with E-state index in [4.69, 9.17) is 0 Å². The Morgan fingerprint density at radius 2 is 2.10 bits per heavy atom. The van der Waals surface area contributed by atoms with Gasteiger partial charge in [0.1, 0.15) is 12.9 Å². The van der Waals surface area contributed by atoms with Crippen LogP contribution in [0.4, 0.5) is 0 Å². The molecule has 0 saturated carbocycles. The van der Waals surface area contributed by atoms with Gasteiger partial charge in [-0.3, -0.25) is 9.36 Å². The molecule has 112 valence electrons. The summed E-state index contributed by atoms with van der Waals surface area (Å²) in [5, 5.41) is 16.4. The molecule has 0 fully saturated rings. The monoisotopic (exact) mass is 290 g/mol. The van der Waals surface area contributed by atoms with Crippen LogP contribution in [-0.2, 0) is 18.4 Å². The van der Waals surface area contributed by atoms with Gasteiger partial charge in [-0.2, -0.15) is 5.10 Å². The summed E-state index contributed by atoms with van der Waals surface area (Å²) in [5.41, 5.74) is 0.474. The van der Waals surface area contributed by atoms with E-state index in [-0.39, 0.29) is 18.1 Å². The van der Waals surface area contributed by atoms with Crippen molar-refractivity contribution >= 4 is 5.91 Å². The van der Waals surface area contributed by atoms with E-state index in [1.54, 1.807) is 7.05 Å². The van der Waals surface area contributed by atoms with Gasteiger partial charge in [0.05, 0.1) is 6.10 Å². The highest BCUT2D eigenvalue weighted by atomic mass is 16.3. The second kappa shape index (κ2) is 6.85. The number of carbonyl (C=O) groups excluding carboxylic acids is 1. The Labute approximate surface area is 121 Å². The fourth-order valence-electron chi connectivity index (χ4n) is 1.91.